The summed E-state index contributed by atoms with van der Waals surface area (Å²) in [6.07, 6.45) is 0. The first kappa shape index (κ1) is 21.3. The molecular formula is C28H30N4. The zero-order valence-corrected chi connectivity index (χ0v) is 19.1. The molecule has 0 saturated heterocycles. The maximum absolute atomic E-state index is 3.45. The number of hydrogen-bond donors (Lipinski definition) is 2. The highest BCUT2D eigenvalue weighted by molar-refractivity contribution is 5.70. The number of hydrogen-bond acceptors (Lipinski definition) is 4. The van der Waals surface area contributed by atoms with Crippen molar-refractivity contribution in [1.29, 1.82) is 0 Å². The zero-order valence-electron chi connectivity index (χ0n) is 19.1. The van der Waals surface area contributed by atoms with E-state index in [4.69, 9.17) is 0 Å². The molecule has 0 amide bonds. The monoisotopic (exact) mass is 422 g/mol. The number of rotatable bonds is 7. The first-order chi connectivity index (χ1) is 15.5. The van der Waals surface area contributed by atoms with Crippen LogP contribution in [0.15, 0.2) is 97.1 Å². The third-order valence-corrected chi connectivity index (χ3v) is 5.76. The summed E-state index contributed by atoms with van der Waals surface area (Å²) in [5, 5.41) is 6.59. The normalized spacial score (nSPS) is 10.5. The lowest BCUT2D eigenvalue weighted by Gasteiger charge is -2.23. The molecule has 2 N–H and O–H groups in total. The first-order valence-corrected chi connectivity index (χ1v) is 10.8. The van der Waals surface area contributed by atoms with Crippen LogP contribution in [0, 0.1) is 6.92 Å². The van der Waals surface area contributed by atoms with Crippen LogP contribution in [-0.4, -0.2) is 21.1 Å². The van der Waals surface area contributed by atoms with Gasteiger partial charge < -0.3 is 20.4 Å². The van der Waals surface area contributed by atoms with Gasteiger partial charge >= 0.3 is 0 Å². The Labute approximate surface area is 191 Å². The van der Waals surface area contributed by atoms with Gasteiger partial charge in [-0.05, 0) is 91.9 Å². The van der Waals surface area contributed by atoms with Crippen LogP contribution in [0.3, 0.4) is 0 Å². The molecule has 32 heavy (non-hydrogen) atoms. The summed E-state index contributed by atoms with van der Waals surface area (Å²) in [7, 11) is 6.12. The fourth-order valence-corrected chi connectivity index (χ4v) is 3.62. The Bertz CT molecular complexity index is 1130. The van der Waals surface area contributed by atoms with Crippen molar-refractivity contribution in [2.75, 3.05) is 41.6 Å². The summed E-state index contributed by atoms with van der Waals surface area (Å²) in [4.78, 5) is 4.40. The Morgan fingerprint density at radius 1 is 0.469 bits per heavy atom. The number of nitrogens with one attached hydrogen (secondary N) is 2. The van der Waals surface area contributed by atoms with E-state index in [1.54, 1.807) is 0 Å². The molecule has 0 fully saturated rings. The van der Waals surface area contributed by atoms with Crippen molar-refractivity contribution < 1.29 is 0 Å². The lowest BCUT2D eigenvalue weighted by atomic mass is 10.2. The van der Waals surface area contributed by atoms with E-state index in [9.17, 15) is 0 Å². The molecule has 0 aromatic heterocycles. The van der Waals surface area contributed by atoms with E-state index in [1.807, 2.05) is 7.05 Å². The summed E-state index contributed by atoms with van der Waals surface area (Å²) in [6.45, 7) is 2.11. The highest BCUT2D eigenvalue weighted by Gasteiger charge is 2.07. The van der Waals surface area contributed by atoms with E-state index in [0.717, 1.165) is 34.1 Å². The Kier molecular flexibility index (Phi) is 6.31. The van der Waals surface area contributed by atoms with Crippen molar-refractivity contribution in [2.24, 2.45) is 0 Å². The molecule has 4 nitrogen and oxygen atoms in total. The summed E-state index contributed by atoms with van der Waals surface area (Å²) in [5.41, 5.74) is 9.13. The average molecular weight is 423 g/mol. The molecule has 0 spiro atoms. The number of anilines is 7. The Balaban J connectivity index is 1.43. The van der Waals surface area contributed by atoms with Gasteiger partial charge in [0.15, 0.2) is 0 Å². The van der Waals surface area contributed by atoms with Gasteiger partial charge in [-0.2, -0.15) is 0 Å². The third-order valence-electron chi connectivity index (χ3n) is 5.76. The Morgan fingerprint density at radius 3 is 1.19 bits per heavy atom. The molecule has 0 saturated carbocycles. The van der Waals surface area contributed by atoms with Gasteiger partial charge in [0, 0.05) is 61.0 Å². The molecule has 0 unspecified atom stereocenters. The largest absolute Gasteiger partial charge is 0.388 e. The van der Waals surface area contributed by atoms with Crippen LogP contribution < -0.4 is 20.4 Å². The van der Waals surface area contributed by atoms with Gasteiger partial charge in [0.25, 0.3) is 0 Å². The van der Waals surface area contributed by atoms with Crippen molar-refractivity contribution >= 4 is 39.8 Å². The minimum absolute atomic E-state index is 1.06. The van der Waals surface area contributed by atoms with E-state index in [-0.39, 0.29) is 0 Å². The van der Waals surface area contributed by atoms with Crippen molar-refractivity contribution in [3.8, 4) is 0 Å². The number of nitrogens with zero attached hydrogens (tertiary/aromatic N) is 2. The predicted octanol–water partition coefficient (Wildman–Crippen LogP) is 7.32. The van der Waals surface area contributed by atoms with E-state index in [2.05, 4.69) is 139 Å². The number of benzene rings is 4. The third kappa shape index (κ3) is 4.86. The second kappa shape index (κ2) is 9.48. The van der Waals surface area contributed by atoms with Crippen LogP contribution in [0.2, 0.25) is 0 Å². The van der Waals surface area contributed by atoms with Crippen LogP contribution in [0.1, 0.15) is 5.56 Å². The minimum atomic E-state index is 1.06. The molecule has 4 aromatic carbocycles. The maximum atomic E-state index is 3.45. The smallest absolute Gasteiger partial charge is 0.0409 e. The van der Waals surface area contributed by atoms with Crippen LogP contribution in [0.25, 0.3) is 0 Å². The molecule has 0 aliphatic rings. The lowest BCUT2D eigenvalue weighted by Crippen LogP contribution is -2.11. The van der Waals surface area contributed by atoms with E-state index in [1.165, 1.54) is 11.3 Å². The molecule has 162 valence electrons. The minimum Gasteiger partial charge on any atom is -0.388 e. The van der Waals surface area contributed by atoms with E-state index < -0.39 is 0 Å². The molecule has 4 rings (SSSR count). The van der Waals surface area contributed by atoms with Crippen LogP contribution in [0.4, 0.5) is 39.8 Å². The molecule has 4 heteroatoms. The highest BCUT2D eigenvalue weighted by Crippen LogP contribution is 2.30. The van der Waals surface area contributed by atoms with Crippen molar-refractivity contribution in [3.05, 3.63) is 103 Å². The second-order valence-corrected chi connectivity index (χ2v) is 7.97. The van der Waals surface area contributed by atoms with Gasteiger partial charge in [0.2, 0.25) is 0 Å². The van der Waals surface area contributed by atoms with Crippen LogP contribution in [0.5, 0.6) is 0 Å². The molecule has 0 bridgehead atoms. The Hall–Kier alpha value is -3.92. The molecular weight excluding hydrogens is 392 g/mol. The molecule has 0 heterocycles. The van der Waals surface area contributed by atoms with Gasteiger partial charge in [0.05, 0.1) is 0 Å². The van der Waals surface area contributed by atoms with Crippen LogP contribution >= 0.6 is 0 Å². The van der Waals surface area contributed by atoms with Crippen molar-refractivity contribution in [2.45, 2.75) is 6.92 Å². The van der Waals surface area contributed by atoms with Gasteiger partial charge in [-0.1, -0.05) is 17.7 Å². The van der Waals surface area contributed by atoms with Gasteiger partial charge in [0.1, 0.15) is 0 Å². The molecule has 0 atom stereocenters. The van der Waals surface area contributed by atoms with Crippen molar-refractivity contribution in [1.82, 2.24) is 0 Å². The van der Waals surface area contributed by atoms with Gasteiger partial charge in [-0.25, -0.2) is 0 Å². The SMILES string of the molecule is CNc1ccc(Nc2ccc(N(C)c3ccc(N(C)c4ccc(C)cc4)cc3)cc2)cc1. The topological polar surface area (TPSA) is 30.5 Å². The summed E-state index contributed by atoms with van der Waals surface area (Å²) in [5.74, 6) is 0. The van der Waals surface area contributed by atoms with Gasteiger partial charge in [-0.15, -0.1) is 0 Å². The lowest BCUT2D eigenvalue weighted by molar-refractivity contribution is 1.18. The predicted molar refractivity (Wildman–Crippen MR) is 139 cm³/mol. The van der Waals surface area contributed by atoms with Gasteiger partial charge in [-0.3, -0.25) is 0 Å². The molecule has 0 aliphatic carbocycles. The summed E-state index contributed by atoms with van der Waals surface area (Å²) in [6, 6.07) is 34.0. The second-order valence-electron chi connectivity index (χ2n) is 7.97. The number of aryl methyl sites for hydroxylation is 1. The van der Waals surface area contributed by atoms with Crippen LogP contribution in [-0.2, 0) is 0 Å². The average Bonchev–Trinajstić information content (AvgIpc) is 2.85. The standard InChI is InChI=1S/C28H30N4/c1-21-5-13-25(14-6-21)31(3)27-17-19-28(20-18-27)32(4)26-15-11-24(12-16-26)30-23-9-7-22(29-2)8-10-23/h5-20,29-30H,1-4H3. The highest BCUT2D eigenvalue weighted by atomic mass is 15.1. The van der Waals surface area contributed by atoms with E-state index in [0.29, 0.717) is 0 Å². The fourth-order valence-electron chi connectivity index (χ4n) is 3.62. The molecule has 0 aliphatic heterocycles. The molecule has 0 radical (unpaired) electrons. The Morgan fingerprint density at radius 2 is 0.781 bits per heavy atom. The fraction of sp³-hybridized carbons (Fsp3) is 0.143. The molecule has 4 aromatic rings. The summed E-state index contributed by atoms with van der Waals surface area (Å²) < 4.78 is 0. The quantitative estimate of drug-likeness (QED) is 0.327. The van der Waals surface area contributed by atoms with Crippen molar-refractivity contribution in [3.63, 3.8) is 0 Å². The zero-order chi connectivity index (χ0) is 22.5. The first-order valence-electron chi connectivity index (χ1n) is 10.8. The maximum Gasteiger partial charge on any atom is 0.0409 e. The van der Waals surface area contributed by atoms with E-state index >= 15 is 0 Å². The summed E-state index contributed by atoms with van der Waals surface area (Å²) >= 11 is 0.